The second-order valence-electron chi connectivity index (χ2n) is 4.77. The Balaban J connectivity index is 2.49. The molecule has 2 rings (SSSR count). The van der Waals surface area contributed by atoms with E-state index in [4.69, 9.17) is 0 Å². The molecule has 0 bridgehead atoms. The molecular weight excluding hydrogens is 274 g/mol. The molecule has 1 aromatic heterocycles. The van der Waals surface area contributed by atoms with Crippen molar-refractivity contribution >= 4 is 15.8 Å². The number of aromatic nitrogens is 2. The zero-order valence-corrected chi connectivity index (χ0v) is 12.8. The Morgan fingerprint density at radius 3 is 2.30 bits per heavy atom. The molecular formula is C14H17N3O2S. The third-order valence-corrected chi connectivity index (χ3v) is 4.99. The summed E-state index contributed by atoms with van der Waals surface area (Å²) in [6, 6.07) is 8.74. The van der Waals surface area contributed by atoms with E-state index in [1.807, 2.05) is 13.0 Å². The number of hydrogen-bond acceptors (Lipinski definition) is 4. The molecule has 0 radical (unpaired) electrons. The summed E-state index contributed by atoms with van der Waals surface area (Å²) in [5, 5.41) is 7.81. The van der Waals surface area contributed by atoms with Gasteiger partial charge in [0.05, 0.1) is 10.6 Å². The summed E-state index contributed by atoms with van der Waals surface area (Å²) in [5.41, 5.74) is 2.35. The van der Waals surface area contributed by atoms with Gasteiger partial charge in [0.1, 0.15) is 0 Å². The number of sulfonamides is 1. The molecule has 20 heavy (non-hydrogen) atoms. The Morgan fingerprint density at radius 1 is 1.00 bits per heavy atom. The van der Waals surface area contributed by atoms with E-state index in [2.05, 4.69) is 10.2 Å². The molecule has 0 aliphatic rings. The molecule has 1 aromatic carbocycles. The van der Waals surface area contributed by atoms with E-state index in [1.165, 1.54) is 7.05 Å². The standard InChI is InChI=1S/C14H17N3O2S/c1-10-5-6-11(2)13(9-10)20(18,19)17(4)14-8-7-12(3)15-16-14/h5-9H,1-4H3. The Labute approximate surface area is 119 Å². The monoisotopic (exact) mass is 291 g/mol. The highest BCUT2D eigenvalue weighted by Crippen LogP contribution is 2.23. The molecule has 0 saturated heterocycles. The third kappa shape index (κ3) is 2.65. The average molecular weight is 291 g/mol. The van der Waals surface area contributed by atoms with Gasteiger partial charge in [-0.05, 0) is 50.1 Å². The van der Waals surface area contributed by atoms with Gasteiger partial charge >= 0.3 is 0 Å². The van der Waals surface area contributed by atoms with Crippen molar-refractivity contribution in [2.24, 2.45) is 0 Å². The molecule has 6 heteroatoms. The number of anilines is 1. The fourth-order valence-electron chi connectivity index (χ4n) is 1.82. The summed E-state index contributed by atoms with van der Waals surface area (Å²) in [4.78, 5) is 0.294. The van der Waals surface area contributed by atoms with Crippen molar-refractivity contribution < 1.29 is 8.42 Å². The van der Waals surface area contributed by atoms with Crippen molar-refractivity contribution in [2.75, 3.05) is 11.4 Å². The molecule has 0 fully saturated rings. The minimum absolute atomic E-state index is 0.294. The lowest BCUT2D eigenvalue weighted by molar-refractivity contribution is 0.593. The van der Waals surface area contributed by atoms with Crippen molar-refractivity contribution in [3.63, 3.8) is 0 Å². The van der Waals surface area contributed by atoms with Gasteiger partial charge in [-0.25, -0.2) is 8.42 Å². The Morgan fingerprint density at radius 2 is 1.70 bits per heavy atom. The second-order valence-corrected chi connectivity index (χ2v) is 6.71. The van der Waals surface area contributed by atoms with Crippen LogP contribution in [0.25, 0.3) is 0 Å². The van der Waals surface area contributed by atoms with E-state index in [1.54, 1.807) is 38.1 Å². The summed E-state index contributed by atoms with van der Waals surface area (Å²) in [5.74, 6) is 0.302. The average Bonchev–Trinajstić information content (AvgIpc) is 2.41. The van der Waals surface area contributed by atoms with Gasteiger partial charge in [-0.15, -0.1) is 5.10 Å². The minimum atomic E-state index is -3.63. The van der Waals surface area contributed by atoms with E-state index in [9.17, 15) is 8.42 Å². The maximum atomic E-state index is 12.6. The zero-order chi connectivity index (χ0) is 14.9. The Bertz CT molecular complexity index is 725. The normalized spacial score (nSPS) is 11.4. The molecule has 0 atom stereocenters. The summed E-state index contributed by atoms with van der Waals surface area (Å²) in [6.07, 6.45) is 0. The summed E-state index contributed by atoms with van der Waals surface area (Å²) < 4.78 is 26.5. The van der Waals surface area contributed by atoms with Gasteiger partial charge in [0, 0.05) is 7.05 Å². The van der Waals surface area contributed by atoms with Gasteiger partial charge in [0.25, 0.3) is 10.0 Å². The molecule has 0 N–H and O–H groups in total. The van der Waals surface area contributed by atoms with Gasteiger partial charge in [0.2, 0.25) is 0 Å². The number of rotatable bonds is 3. The molecule has 0 aliphatic heterocycles. The first-order valence-corrected chi connectivity index (χ1v) is 7.63. The number of benzene rings is 1. The molecule has 0 amide bonds. The summed E-state index contributed by atoms with van der Waals surface area (Å²) in [7, 11) is -2.14. The van der Waals surface area contributed by atoms with Crippen LogP contribution in [0.15, 0.2) is 35.2 Å². The highest BCUT2D eigenvalue weighted by atomic mass is 32.2. The van der Waals surface area contributed by atoms with E-state index in [-0.39, 0.29) is 0 Å². The molecule has 5 nitrogen and oxygen atoms in total. The highest BCUT2D eigenvalue weighted by Gasteiger charge is 2.24. The zero-order valence-electron chi connectivity index (χ0n) is 12.0. The van der Waals surface area contributed by atoms with Crippen molar-refractivity contribution in [3.8, 4) is 0 Å². The lowest BCUT2D eigenvalue weighted by Gasteiger charge is -2.19. The maximum absolute atomic E-state index is 12.6. The largest absolute Gasteiger partial charge is 0.265 e. The van der Waals surface area contributed by atoms with Crippen LogP contribution in [-0.4, -0.2) is 25.7 Å². The quantitative estimate of drug-likeness (QED) is 0.870. The van der Waals surface area contributed by atoms with E-state index < -0.39 is 10.0 Å². The van der Waals surface area contributed by atoms with E-state index in [0.29, 0.717) is 16.3 Å². The first-order chi connectivity index (χ1) is 9.32. The van der Waals surface area contributed by atoms with Crippen LogP contribution >= 0.6 is 0 Å². The van der Waals surface area contributed by atoms with Gasteiger partial charge < -0.3 is 0 Å². The van der Waals surface area contributed by atoms with Crippen molar-refractivity contribution in [3.05, 3.63) is 47.2 Å². The van der Waals surface area contributed by atoms with Crippen LogP contribution in [-0.2, 0) is 10.0 Å². The lowest BCUT2D eigenvalue weighted by atomic mass is 10.2. The number of hydrogen-bond donors (Lipinski definition) is 0. The number of aryl methyl sites for hydroxylation is 3. The second kappa shape index (κ2) is 5.20. The van der Waals surface area contributed by atoms with Gasteiger partial charge in [0.15, 0.2) is 5.82 Å². The summed E-state index contributed by atoms with van der Waals surface area (Å²) in [6.45, 7) is 5.45. The van der Waals surface area contributed by atoms with E-state index >= 15 is 0 Å². The van der Waals surface area contributed by atoms with Crippen LogP contribution in [0.1, 0.15) is 16.8 Å². The van der Waals surface area contributed by atoms with Gasteiger partial charge in [-0.2, -0.15) is 5.10 Å². The first-order valence-electron chi connectivity index (χ1n) is 6.19. The molecule has 0 unspecified atom stereocenters. The van der Waals surface area contributed by atoms with E-state index in [0.717, 1.165) is 15.6 Å². The molecule has 106 valence electrons. The summed E-state index contributed by atoms with van der Waals surface area (Å²) >= 11 is 0. The SMILES string of the molecule is Cc1ccc(C)c(S(=O)(=O)N(C)c2ccc(C)nn2)c1. The van der Waals surface area contributed by atoms with Crippen molar-refractivity contribution in [1.29, 1.82) is 0 Å². The van der Waals surface area contributed by atoms with Crippen LogP contribution in [0.4, 0.5) is 5.82 Å². The third-order valence-electron chi connectivity index (χ3n) is 3.09. The lowest BCUT2D eigenvalue weighted by Crippen LogP contribution is -2.28. The van der Waals surface area contributed by atoms with Crippen LogP contribution < -0.4 is 4.31 Å². The van der Waals surface area contributed by atoms with Crippen LogP contribution in [0.3, 0.4) is 0 Å². The van der Waals surface area contributed by atoms with Crippen molar-refractivity contribution in [1.82, 2.24) is 10.2 Å². The smallest absolute Gasteiger partial charge is 0.251 e. The van der Waals surface area contributed by atoms with Gasteiger partial charge in [-0.3, -0.25) is 4.31 Å². The van der Waals surface area contributed by atoms with Crippen LogP contribution in [0.2, 0.25) is 0 Å². The highest BCUT2D eigenvalue weighted by molar-refractivity contribution is 7.92. The molecule has 1 heterocycles. The fraction of sp³-hybridized carbons (Fsp3) is 0.286. The van der Waals surface area contributed by atoms with Gasteiger partial charge in [-0.1, -0.05) is 12.1 Å². The van der Waals surface area contributed by atoms with Crippen LogP contribution in [0.5, 0.6) is 0 Å². The Hall–Kier alpha value is -1.95. The predicted molar refractivity (Wildman–Crippen MR) is 78.3 cm³/mol. The maximum Gasteiger partial charge on any atom is 0.265 e. The molecule has 0 aliphatic carbocycles. The van der Waals surface area contributed by atoms with Crippen molar-refractivity contribution in [2.45, 2.75) is 25.7 Å². The topological polar surface area (TPSA) is 63.2 Å². The Kier molecular flexibility index (Phi) is 3.76. The molecule has 2 aromatic rings. The molecule has 0 spiro atoms. The van der Waals surface area contributed by atoms with Crippen LogP contribution in [0, 0.1) is 20.8 Å². The first kappa shape index (κ1) is 14.5. The molecule has 0 saturated carbocycles. The number of nitrogens with zero attached hydrogens (tertiary/aromatic N) is 3. The minimum Gasteiger partial charge on any atom is -0.251 e. The fourth-order valence-corrected chi connectivity index (χ4v) is 3.26. The predicted octanol–water partition coefficient (Wildman–Crippen LogP) is 2.23.